The second kappa shape index (κ2) is 8.86. The van der Waals surface area contributed by atoms with E-state index >= 15 is 0 Å². The summed E-state index contributed by atoms with van der Waals surface area (Å²) in [6.07, 6.45) is 2.39. The Bertz CT molecular complexity index is 737. The van der Waals surface area contributed by atoms with E-state index in [0.717, 1.165) is 9.99 Å². The summed E-state index contributed by atoms with van der Waals surface area (Å²) < 4.78 is 11.7. The number of aromatic nitrogens is 1. The normalized spacial score (nSPS) is 10.7. The van der Waals surface area contributed by atoms with E-state index in [2.05, 4.69) is 41.4 Å². The second-order valence-corrected chi connectivity index (χ2v) is 7.05. The summed E-state index contributed by atoms with van der Waals surface area (Å²) in [6.45, 7) is 4.70. The van der Waals surface area contributed by atoms with Gasteiger partial charge in [-0.25, -0.2) is 4.79 Å². The highest BCUT2D eigenvalue weighted by molar-refractivity contribution is 14.1. The molecule has 1 aromatic carbocycles. The Balaban J connectivity index is 1.91. The highest BCUT2D eigenvalue weighted by Gasteiger charge is 2.09. The number of carbonyl (C=O) groups excluding carboxylic acids is 1. The lowest BCUT2D eigenvalue weighted by atomic mass is 10.1. The van der Waals surface area contributed by atoms with Gasteiger partial charge in [-0.15, -0.1) is 0 Å². The van der Waals surface area contributed by atoms with Crippen molar-refractivity contribution in [3.05, 3.63) is 61.6 Å². The van der Waals surface area contributed by atoms with E-state index in [0.29, 0.717) is 23.8 Å². The predicted octanol–water partition coefficient (Wildman–Crippen LogP) is 3.76. The highest BCUT2D eigenvalue weighted by atomic mass is 127. The van der Waals surface area contributed by atoms with Gasteiger partial charge in [-0.3, -0.25) is 4.79 Å². The lowest BCUT2D eigenvalue weighted by Gasteiger charge is -2.09. The van der Waals surface area contributed by atoms with Crippen LogP contribution in [0.2, 0.25) is 0 Å². The summed E-state index contributed by atoms with van der Waals surface area (Å²) in [4.78, 5) is 26.9. The number of pyridine rings is 1. The van der Waals surface area contributed by atoms with Crippen molar-refractivity contribution in [1.82, 2.24) is 4.98 Å². The van der Waals surface area contributed by atoms with Crippen molar-refractivity contribution in [2.24, 2.45) is 5.92 Å². The standard InChI is InChI=1S/C18H20INO4/c1-12(2)7-8-23-17-10-20-15(9-16(17)21)11-24-18(22)13-3-5-14(19)6-4-13/h3-6,9-10,12H,7-8,11H2,1-2H3,(H,20,21). The first-order valence-corrected chi connectivity index (χ1v) is 8.80. The van der Waals surface area contributed by atoms with Crippen LogP contribution in [0.1, 0.15) is 36.3 Å². The number of rotatable bonds is 7. The number of ether oxygens (including phenoxy) is 2. The molecule has 0 aliphatic carbocycles. The third-order valence-electron chi connectivity index (χ3n) is 3.33. The molecule has 0 saturated heterocycles. The minimum atomic E-state index is -0.426. The van der Waals surface area contributed by atoms with Crippen LogP contribution in [0.4, 0.5) is 0 Å². The zero-order valence-corrected chi connectivity index (χ0v) is 15.8. The van der Waals surface area contributed by atoms with E-state index in [4.69, 9.17) is 9.47 Å². The molecule has 0 aliphatic heterocycles. The fraction of sp³-hybridized carbons (Fsp3) is 0.333. The van der Waals surface area contributed by atoms with Crippen LogP contribution in [-0.2, 0) is 11.3 Å². The molecule has 1 aromatic heterocycles. The molecule has 1 heterocycles. The van der Waals surface area contributed by atoms with E-state index in [9.17, 15) is 9.59 Å². The fourth-order valence-corrected chi connectivity index (χ4v) is 2.27. The Morgan fingerprint density at radius 3 is 2.58 bits per heavy atom. The third kappa shape index (κ3) is 5.67. The fourth-order valence-electron chi connectivity index (χ4n) is 1.91. The average Bonchev–Trinajstić information content (AvgIpc) is 2.55. The minimum absolute atomic E-state index is 0.00628. The zero-order valence-electron chi connectivity index (χ0n) is 13.7. The zero-order chi connectivity index (χ0) is 17.5. The van der Waals surface area contributed by atoms with Crippen molar-refractivity contribution in [2.75, 3.05) is 6.61 Å². The van der Waals surface area contributed by atoms with Crippen LogP contribution in [0, 0.1) is 9.49 Å². The molecule has 0 aliphatic rings. The molecule has 2 aromatic rings. The summed E-state index contributed by atoms with van der Waals surface area (Å²) in [7, 11) is 0. The van der Waals surface area contributed by atoms with Crippen LogP contribution in [-0.4, -0.2) is 17.6 Å². The van der Waals surface area contributed by atoms with Gasteiger partial charge in [0.1, 0.15) is 6.61 Å². The lowest BCUT2D eigenvalue weighted by Crippen LogP contribution is -2.13. The summed E-state index contributed by atoms with van der Waals surface area (Å²) >= 11 is 2.17. The molecule has 0 amide bonds. The van der Waals surface area contributed by atoms with Gasteiger partial charge in [0.15, 0.2) is 5.75 Å². The Kier molecular flexibility index (Phi) is 6.84. The highest BCUT2D eigenvalue weighted by Crippen LogP contribution is 2.10. The number of aromatic amines is 1. The maximum Gasteiger partial charge on any atom is 0.338 e. The number of carbonyl (C=O) groups is 1. The monoisotopic (exact) mass is 441 g/mol. The van der Waals surface area contributed by atoms with Crippen LogP contribution in [0.25, 0.3) is 0 Å². The Morgan fingerprint density at radius 1 is 1.25 bits per heavy atom. The number of nitrogens with one attached hydrogen (secondary N) is 1. The van der Waals surface area contributed by atoms with Gasteiger partial charge >= 0.3 is 5.97 Å². The number of halogens is 1. The third-order valence-corrected chi connectivity index (χ3v) is 4.05. The molecule has 0 spiro atoms. The van der Waals surface area contributed by atoms with Crippen LogP contribution in [0.5, 0.6) is 5.75 Å². The molecular weight excluding hydrogens is 421 g/mol. The van der Waals surface area contributed by atoms with Gasteiger partial charge in [0.05, 0.1) is 17.9 Å². The van der Waals surface area contributed by atoms with Gasteiger partial charge in [0, 0.05) is 15.8 Å². The minimum Gasteiger partial charge on any atom is -0.488 e. The summed E-state index contributed by atoms with van der Waals surface area (Å²) in [5.41, 5.74) is 0.777. The van der Waals surface area contributed by atoms with Gasteiger partial charge in [-0.05, 0) is 59.2 Å². The summed E-state index contributed by atoms with van der Waals surface area (Å²) in [6, 6.07) is 8.48. The quantitative estimate of drug-likeness (QED) is 0.525. The Hall–Kier alpha value is -1.83. The SMILES string of the molecule is CC(C)CCOc1c[nH]c(COC(=O)c2ccc(I)cc2)cc1=O. The van der Waals surface area contributed by atoms with E-state index in [1.807, 2.05) is 12.1 Å². The maximum absolute atomic E-state index is 12.0. The van der Waals surface area contributed by atoms with Crippen molar-refractivity contribution >= 4 is 28.6 Å². The molecule has 6 heteroatoms. The van der Waals surface area contributed by atoms with E-state index < -0.39 is 5.97 Å². The Morgan fingerprint density at radius 2 is 1.96 bits per heavy atom. The van der Waals surface area contributed by atoms with E-state index in [-0.39, 0.29) is 17.8 Å². The Labute approximate surface area is 154 Å². The average molecular weight is 441 g/mol. The van der Waals surface area contributed by atoms with Gasteiger partial charge in [0.25, 0.3) is 0 Å². The van der Waals surface area contributed by atoms with E-state index in [1.54, 1.807) is 12.1 Å². The number of esters is 1. The van der Waals surface area contributed by atoms with Gasteiger partial charge in [-0.2, -0.15) is 0 Å². The number of hydrogen-bond acceptors (Lipinski definition) is 4. The first kappa shape index (κ1) is 18.5. The molecule has 24 heavy (non-hydrogen) atoms. The molecule has 0 unspecified atom stereocenters. The van der Waals surface area contributed by atoms with Crippen LogP contribution in [0.15, 0.2) is 41.3 Å². The molecule has 0 radical (unpaired) electrons. The maximum atomic E-state index is 12.0. The van der Waals surface area contributed by atoms with E-state index in [1.165, 1.54) is 12.3 Å². The molecule has 0 saturated carbocycles. The topological polar surface area (TPSA) is 68.4 Å². The second-order valence-electron chi connectivity index (χ2n) is 5.80. The van der Waals surface area contributed by atoms with Crippen molar-refractivity contribution in [1.29, 1.82) is 0 Å². The molecule has 0 atom stereocenters. The number of hydrogen-bond donors (Lipinski definition) is 1. The van der Waals surface area contributed by atoms with Crippen LogP contribution in [0.3, 0.4) is 0 Å². The van der Waals surface area contributed by atoms with Crippen molar-refractivity contribution in [3.63, 3.8) is 0 Å². The molecule has 0 bridgehead atoms. The lowest BCUT2D eigenvalue weighted by molar-refractivity contribution is 0.0467. The van der Waals surface area contributed by atoms with Crippen molar-refractivity contribution < 1.29 is 14.3 Å². The largest absolute Gasteiger partial charge is 0.488 e. The van der Waals surface area contributed by atoms with Gasteiger partial charge in [-0.1, -0.05) is 13.8 Å². The first-order valence-electron chi connectivity index (χ1n) is 7.73. The number of H-pyrrole nitrogens is 1. The molecule has 128 valence electrons. The van der Waals surface area contributed by atoms with Crippen molar-refractivity contribution in [2.45, 2.75) is 26.9 Å². The van der Waals surface area contributed by atoms with Gasteiger partial charge in [0.2, 0.25) is 5.43 Å². The van der Waals surface area contributed by atoms with Crippen LogP contribution >= 0.6 is 22.6 Å². The number of benzene rings is 1. The predicted molar refractivity (Wildman–Crippen MR) is 100 cm³/mol. The van der Waals surface area contributed by atoms with Crippen molar-refractivity contribution in [3.8, 4) is 5.75 Å². The molecule has 2 rings (SSSR count). The molecule has 5 nitrogen and oxygen atoms in total. The molecule has 1 N–H and O–H groups in total. The van der Waals surface area contributed by atoms with Gasteiger partial charge < -0.3 is 14.5 Å². The summed E-state index contributed by atoms with van der Waals surface area (Å²) in [5.74, 6) is 0.372. The van der Waals surface area contributed by atoms with Crippen LogP contribution < -0.4 is 10.2 Å². The first-order chi connectivity index (χ1) is 11.5. The molecular formula is C18H20INO4. The molecule has 0 fully saturated rings. The summed E-state index contributed by atoms with van der Waals surface area (Å²) in [5, 5.41) is 0. The smallest absolute Gasteiger partial charge is 0.338 e.